The van der Waals surface area contributed by atoms with E-state index in [2.05, 4.69) is 42.9 Å². The molecule has 122 valence electrons. The number of imidazole rings is 1. The summed E-state index contributed by atoms with van der Waals surface area (Å²) in [6.45, 7) is 6.56. The summed E-state index contributed by atoms with van der Waals surface area (Å²) < 4.78 is 0. The van der Waals surface area contributed by atoms with Gasteiger partial charge in [0.05, 0.1) is 11.0 Å². The second-order valence-corrected chi connectivity index (χ2v) is 6.86. The molecule has 0 unspecified atom stereocenters. The summed E-state index contributed by atoms with van der Waals surface area (Å²) in [5.41, 5.74) is 4.95. The minimum Gasteiger partial charge on any atom is -0.478 e. The van der Waals surface area contributed by atoms with Crippen molar-refractivity contribution in [3.63, 3.8) is 0 Å². The maximum atomic E-state index is 10.6. The molecule has 0 fully saturated rings. The van der Waals surface area contributed by atoms with Crippen molar-refractivity contribution in [2.24, 2.45) is 0 Å². The van der Waals surface area contributed by atoms with E-state index in [0.29, 0.717) is 0 Å². The molecule has 4 heteroatoms. The summed E-state index contributed by atoms with van der Waals surface area (Å²) >= 11 is 0. The van der Waals surface area contributed by atoms with E-state index in [1.165, 1.54) is 5.56 Å². The number of nitrogens with zero attached hydrogens (tertiary/aromatic N) is 1. The van der Waals surface area contributed by atoms with Gasteiger partial charge in [0.25, 0.3) is 0 Å². The zero-order valence-electron chi connectivity index (χ0n) is 14.0. The van der Waals surface area contributed by atoms with Crippen LogP contribution in [0.15, 0.2) is 48.5 Å². The van der Waals surface area contributed by atoms with Gasteiger partial charge in [0, 0.05) is 11.6 Å². The fourth-order valence-electron chi connectivity index (χ4n) is 2.57. The van der Waals surface area contributed by atoms with E-state index in [9.17, 15) is 4.79 Å². The zero-order chi connectivity index (χ0) is 17.3. The number of aromatic amines is 1. The van der Waals surface area contributed by atoms with Crippen LogP contribution < -0.4 is 0 Å². The number of aromatic nitrogens is 2. The molecule has 0 saturated carbocycles. The molecule has 2 N–H and O–H groups in total. The van der Waals surface area contributed by atoms with E-state index in [0.717, 1.165) is 34.1 Å². The quantitative estimate of drug-likeness (QED) is 0.692. The molecule has 0 atom stereocenters. The number of H-pyrrole nitrogens is 1. The maximum absolute atomic E-state index is 10.6. The molecule has 0 aliphatic heterocycles. The topological polar surface area (TPSA) is 66.0 Å². The van der Waals surface area contributed by atoms with Gasteiger partial charge in [-0.3, -0.25) is 0 Å². The van der Waals surface area contributed by atoms with Crippen molar-refractivity contribution < 1.29 is 9.90 Å². The van der Waals surface area contributed by atoms with Crippen molar-refractivity contribution in [1.82, 2.24) is 9.97 Å². The van der Waals surface area contributed by atoms with E-state index in [1.54, 1.807) is 6.08 Å². The molecule has 0 saturated heterocycles. The first-order valence-corrected chi connectivity index (χ1v) is 7.85. The van der Waals surface area contributed by atoms with Gasteiger partial charge in [-0.25, -0.2) is 9.78 Å². The fraction of sp³-hybridized carbons (Fsp3) is 0.200. The van der Waals surface area contributed by atoms with Gasteiger partial charge >= 0.3 is 5.97 Å². The number of aliphatic carboxylic acids is 1. The first-order chi connectivity index (χ1) is 11.3. The summed E-state index contributed by atoms with van der Waals surface area (Å²) in [6, 6.07) is 14.0. The molecule has 3 aromatic rings. The summed E-state index contributed by atoms with van der Waals surface area (Å²) in [5.74, 6) is -0.144. The van der Waals surface area contributed by atoms with Crippen LogP contribution in [0.2, 0.25) is 0 Å². The van der Waals surface area contributed by atoms with Crippen LogP contribution in [0, 0.1) is 0 Å². The van der Waals surface area contributed by atoms with Crippen LogP contribution in [0.3, 0.4) is 0 Å². The number of carbonyl (C=O) groups is 1. The third-order valence-electron chi connectivity index (χ3n) is 3.93. The van der Waals surface area contributed by atoms with Crippen molar-refractivity contribution >= 4 is 23.1 Å². The van der Waals surface area contributed by atoms with Gasteiger partial charge in [0.1, 0.15) is 5.82 Å². The van der Waals surface area contributed by atoms with Crippen molar-refractivity contribution in [1.29, 1.82) is 0 Å². The minimum atomic E-state index is -0.959. The molecule has 0 aliphatic carbocycles. The third kappa shape index (κ3) is 3.38. The molecule has 1 aromatic heterocycles. The monoisotopic (exact) mass is 320 g/mol. The normalized spacial score (nSPS) is 12.1. The zero-order valence-corrected chi connectivity index (χ0v) is 14.0. The fourth-order valence-corrected chi connectivity index (χ4v) is 2.57. The number of hydrogen-bond donors (Lipinski definition) is 2. The van der Waals surface area contributed by atoms with Crippen LogP contribution in [0.4, 0.5) is 0 Å². The smallest absolute Gasteiger partial charge is 0.328 e. The molecule has 0 bridgehead atoms. The number of carboxylic acid groups (broad SMARTS) is 1. The second kappa shape index (κ2) is 5.96. The number of fused-ring (bicyclic) bond motifs is 1. The highest BCUT2D eigenvalue weighted by Gasteiger charge is 2.15. The van der Waals surface area contributed by atoms with Crippen LogP contribution in [0.5, 0.6) is 0 Å². The Bertz CT molecular complexity index is 930. The molecular formula is C20H20N2O2. The average Bonchev–Trinajstić information content (AvgIpc) is 2.95. The van der Waals surface area contributed by atoms with Gasteiger partial charge < -0.3 is 10.1 Å². The molecule has 1 heterocycles. The Balaban J connectivity index is 2.01. The lowest BCUT2D eigenvalue weighted by molar-refractivity contribution is -0.131. The van der Waals surface area contributed by atoms with E-state index in [-0.39, 0.29) is 5.41 Å². The number of rotatable bonds is 3. The Morgan fingerprint density at radius 2 is 1.96 bits per heavy atom. The number of benzene rings is 2. The number of carboxylic acids is 1. The largest absolute Gasteiger partial charge is 0.478 e. The van der Waals surface area contributed by atoms with Gasteiger partial charge in [-0.2, -0.15) is 0 Å². The van der Waals surface area contributed by atoms with Gasteiger partial charge in [0.2, 0.25) is 0 Å². The summed E-state index contributed by atoms with van der Waals surface area (Å²) in [5, 5.41) is 8.73. The number of nitrogens with one attached hydrogen (secondary N) is 1. The lowest BCUT2D eigenvalue weighted by Crippen LogP contribution is -2.10. The maximum Gasteiger partial charge on any atom is 0.328 e. The average molecular weight is 320 g/mol. The van der Waals surface area contributed by atoms with Crippen LogP contribution in [0.1, 0.15) is 31.9 Å². The predicted molar refractivity (Wildman–Crippen MR) is 96.9 cm³/mol. The molecule has 0 spiro atoms. The van der Waals surface area contributed by atoms with Crippen LogP contribution in [-0.2, 0) is 10.2 Å². The molecule has 0 amide bonds. The Labute approximate surface area is 140 Å². The Kier molecular flexibility index (Phi) is 3.97. The molecule has 4 nitrogen and oxygen atoms in total. The highest BCUT2D eigenvalue weighted by atomic mass is 16.4. The summed E-state index contributed by atoms with van der Waals surface area (Å²) in [6.07, 6.45) is 2.70. The van der Waals surface area contributed by atoms with Crippen LogP contribution in [-0.4, -0.2) is 21.0 Å². The van der Waals surface area contributed by atoms with Crippen molar-refractivity contribution in [3.8, 4) is 11.4 Å². The van der Waals surface area contributed by atoms with Crippen molar-refractivity contribution in [3.05, 3.63) is 59.7 Å². The SMILES string of the molecule is CC(C)(C)c1cccc(-c2nc3ccc(/C=C/C(=O)O)cc3[nH]2)c1. The Morgan fingerprint density at radius 3 is 2.67 bits per heavy atom. The lowest BCUT2D eigenvalue weighted by Gasteiger charge is -2.19. The number of hydrogen-bond acceptors (Lipinski definition) is 2. The third-order valence-corrected chi connectivity index (χ3v) is 3.93. The molecule has 0 radical (unpaired) electrons. The first-order valence-electron chi connectivity index (χ1n) is 7.85. The first kappa shape index (κ1) is 16.0. The standard InChI is InChI=1S/C20H20N2O2/c1-20(2,3)15-6-4-5-14(12-15)19-21-16-9-7-13(8-10-18(23)24)11-17(16)22-19/h4-12H,1-3H3,(H,21,22)(H,23,24)/b10-8+. The Morgan fingerprint density at radius 1 is 1.17 bits per heavy atom. The van der Waals surface area contributed by atoms with E-state index >= 15 is 0 Å². The van der Waals surface area contributed by atoms with E-state index in [4.69, 9.17) is 5.11 Å². The van der Waals surface area contributed by atoms with E-state index < -0.39 is 5.97 Å². The molecule has 24 heavy (non-hydrogen) atoms. The van der Waals surface area contributed by atoms with Gasteiger partial charge in [-0.1, -0.05) is 45.0 Å². The Hall–Kier alpha value is -2.88. The highest BCUT2D eigenvalue weighted by molar-refractivity contribution is 5.87. The van der Waals surface area contributed by atoms with Gasteiger partial charge in [0.15, 0.2) is 0 Å². The second-order valence-electron chi connectivity index (χ2n) is 6.86. The predicted octanol–water partition coefficient (Wildman–Crippen LogP) is 4.63. The summed E-state index contributed by atoms with van der Waals surface area (Å²) in [7, 11) is 0. The molecular weight excluding hydrogens is 300 g/mol. The molecule has 2 aromatic carbocycles. The van der Waals surface area contributed by atoms with Crippen LogP contribution >= 0.6 is 0 Å². The summed E-state index contributed by atoms with van der Waals surface area (Å²) in [4.78, 5) is 18.6. The molecule has 0 aliphatic rings. The highest BCUT2D eigenvalue weighted by Crippen LogP contribution is 2.27. The van der Waals surface area contributed by atoms with Crippen molar-refractivity contribution in [2.45, 2.75) is 26.2 Å². The molecule has 3 rings (SSSR count). The van der Waals surface area contributed by atoms with Crippen molar-refractivity contribution in [2.75, 3.05) is 0 Å². The lowest BCUT2D eigenvalue weighted by atomic mass is 9.86. The minimum absolute atomic E-state index is 0.0802. The van der Waals surface area contributed by atoms with Crippen LogP contribution in [0.25, 0.3) is 28.5 Å². The van der Waals surface area contributed by atoms with Gasteiger partial charge in [-0.05, 0) is 40.8 Å². The van der Waals surface area contributed by atoms with Gasteiger partial charge in [-0.15, -0.1) is 0 Å². The van der Waals surface area contributed by atoms with E-state index in [1.807, 2.05) is 30.3 Å².